The van der Waals surface area contributed by atoms with Gasteiger partial charge in [-0.2, -0.15) is 7.05 Å². The summed E-state index contributed by atoms with van der Waals surface area (Å²) in [6, 6.07) is 0. The topological polar surface area (TPSA) is 166 Å². The Balaban J connectivity index is 0.0000115. The number of ether oxygens (including phenoxy) is 5. The molecule has 2 rings (SSSR count). The number of fused-ring (bicyclic) bond motifs is 1. The molecule has 272 valence electrons. The molecule has 2 unspecified atom stereocenters. The molecule has 0 radical (unpaired) electrons. The van der Waals surface area contributed by atoms with Crippen LogP contribution in [0.25, 0.3) is 5.32 Å². The number of methoxy groups -OCH3 is 1. The van der Waals surface area contributed by atoms with Crippen molar-refractivity contribution in [2.24, 2.45) is 17.1 Å². The number of nitrogens with one attached hydrogen (secondary N) is 1. The van der Waals surface area contributed by atoms with Crippen molar-refractivity contribution in [2.75, 3.05) is 99.7 Å². The van der Waals surface area contributed by atoms with E-state index in [1.54, 1.807) is 7.11 Å². The summed E-state index contributed by atoms with van der Waals surface area (Å²) in [5.74, 6) is 0.223. The van der Waals surface area contributed by atoms with E-state index in [1.807, 2.05) is 16.6 Å². The summed E-state index contributed by atoms with van der Waals surface area (Å²) < 4.78 is 30.1. The number of aromatic nitrogens is 3. The van der Waals surface area contributed by atoms with Crippen LogP contribution >= 0.6 is 0 Å². The van der Waals surface area contributed by atoms with Crippen LogP contribution in [0, 0.1) is 11.3 Å². The summed E-state index contributed by atoms with van der Waals surface area (Å²) in [6.45, 7) is 14.7. The van der Waals surface area contributed by atoms with Crippen molar-refractivity contribution in [1.82, 2.24) is 25.2 Å². The van der Waals surface area contributed by atoms with E-state index in [0.29, 0.717) is 124 Å². The van der Waals surface area contributed by atoms with Gasteiger partial charge in [0.05, 0.1) is 57.1 Å². The van der Waals surface area contributed by atoms with Crippen LogP contribution in [0.5, 0.6) is 0 Å². The van der Waals surface area contributed by atoms with Crippen molar-refractivity contribution in [2.45, 2.75) is 78.4 Å². The van der Waals surface area contributed by atoms with Crippen molar-refractivity contribution in [1.29, 1.82) is 0 Å². The molecule has 2 atom stereocenters. The van der Waals surface area contributed by atoms with Crippen molar-refractivity contribution < 1.29 is 84.7 Å². The van der Waals surface area contributed by atoms with Gasteiger partial charge >= 0.3 is 51.4 Å². The second-order valence-electron chi connectivity index (χ2n) is 13.1. The van der Waals surface area contributed by atoms with E-state index in [0.717, 1.165) is 24.4 Å². The molecule has 3 N–H and O–H groups in total. The van der Waals surface area contributed by atoms with Crippen LogP contribution in [-0.4, -0.2) is 138 Å². The molecule has 14 nitrogen and oxygen atoms in total. The van der Waals surface area contributed by atoms with Crippen LogP contribution in [0.15, 0.2) is 0 Å². The largest absolute Gasteiger partial charge is 1.00 e. The second kappa shape index (κ2) is 27.1. The van der Waals surface area contributed by atoms with Gasteiger partial charge in [0.2, 0.25) is 11.8 Å². The van der Waals surface area contributed by atoms with E-state index in [2.05, 4.69) is 41.7 Å². The molecule has 1 aliphatic rings. The standard InChI is InChI=1S/C33H62N7O7.K/c1-27(24-47-26-33(2,3)25-35-4)22-40-30-11-14-39(23-28(43-5)21-29(30)37-38-40)32(42)10-6-9-31(41)36-13-8-16-45-18-20-46-19-17-44-15-7-12-34;/h27-28H,6-26,34H2,1-5H3,(H,36,41);/q-1;+1. The van der Waals surface area contributed by atoms with Crippen molar-refractivity contribution >= 4 is 11.8 Å². The molecule has 0 saturated heterocycles. The molecule has 1 aromatic rings. The molecule has 2 amide bonds. The fourth-order valence-corrected chi connectivity index (χ4v) is 5.32. The molecule has 0 saturated carbocycles. The predicted octanol–water partition coefficient (Wildman–Crippen LogP) is -1.02. The van der Waals surface area contributed by atoms with Gasteiger partial charge in [-0.05, 0) is 37.1 Å². The summed E-state index contributed by atoms with van der Waals surface area (Å²) in [5, 5.41) is 16.1. The van der Waals surface area contributed by atoms with Gasteiger partial charge < -0.3 is 45.0 Å². The van der Waals surface area contributed by atoms with Gasteiger partial charge in [0.25, 0.3) is 0 Å². The number of rotatable bonds is 26. The molecule has 0 bridgehead atoms. The number of amides is 2. The molecule has 0 aliphatic carbocycles. The monoisotopic (exact) mass is 707 g/mol. The Morgan fingerprint density at radius 3 is 2.40 bits per heavy atom. The third-order valence-corrected chi connectivity index (χ3v) is 7.85. The van der Waals surface area contributed by atoms with Crippen molar-refractivity contribution in [3.05, 3.63) is 16.7 Å². The molecule has 0 aromatic carbocycles. The third kappa shape index (κ3) is 19.7. The maximum absolute atomic E-state index is 13.2. The van der Waals surface area contributed by atoms with E-state index >= 15 is 0 Å². The normalized spacial score (nSPS) is 15.7. The SMILES string of the molecule is C[N-]CC(C)(C)COCC(C)Cn1nnc2c1CCN(C(=O)CCCC(=O)NCCCOCCOCCOCCCN)CC(OC)C2.[K+]. The zero-order valence-electron chi connectivity index (χ0n) is 30.7. The van der Waals surface area contributed by atoms with Gasteiger partial charge in [-0.1, -0.05) is 26.0 Å². The fourth-order valence-electron chi connectivity index (χ4n) is 5.32. The predicted molar refractivity (Wildman–Crippen MR) is 180 cm³/mol. The van der Waals surface area contributed by atoms with E-state index in [9.17, 15) is 9.59 Å². The summed E-state index contributed by atoms with van der Waals surface area (Å²) in [6.07, 6.45) is 3.77. The average Bonchev–Trinajstić information content (AvgIpc) is 3.38. The van der Waals surface area contributed by atoms with Crippen molar-refractivity contribution in [3.63, 3.8) is 0 Å². The number of carbonyl (C=O) groups excluding carboxylic acids is 2. The Labute approximate surface area is 331 Å². The van der Waals surface area contributed by atoms with Gasteiger partial charge in [-0.15, -0.1) is 11.6 Å². The molecular formula is C33H62KN7O7. The molecule has 1 aromatic heterocycles. The minimum atomic E-state index is -0.173. The quantitative estimate of drug-likeness (QED) is 0.0900. The third-order valence-electron chi connectivity index (χ3n) is 7.85. The number of nitrogens with zero attached hydrogens (tertiary/aromatic N) is 5. The first kappa shape index (κ1) is 45.5. The van der Waals surface area contributed by atoms with E-state index < -0.39 is 0 Å². The van der Waals surface area contributed by atoms with Crippen LogP contribution < -0.4 is 62.4 Å². The minimum absolute atomic E-state index is 0. The molecule has 0 spiro atoms. The number of hydrogen-bond donors (Lipinski definition) is 2. The number of hydrogen-bond acceptors (Lipinski definition) is 10. The molecule has 48 heavy (non-hydrogen) atoms. The van der Waals surface area contributed by atoms with Crippen LogP contribution in [-0.2, 0) is 52.7 Å². The van der Waals surface area contributed by atoms with Gasteiger partial charge in [0, 0.05) is 72.2 Å². The smallest absolute Gasteiger partial charge is 0.665 e. The number of carbonyl (C=O) groups is 2. The first-order chi connectivity index (χ1) is 22.7. The summed E-state index contributed by atoms with van der Waals surface area (Å²) in [7, 11) is 3.49. The summed E-state index contributed by atoms with van der Waals surface area (Å²) >= 11 is 0. The van der Waals surface area contributed by atoms with E-state index in [4.69, 9.17) is 29.4 Å². The average molecular weight is 708 g/mol. The number of nitrogens with two attached hydrogens (primary N) is 1. The van der Waals surface area contributed by atoms with Crippen LogP contribution in [0.1, 0.15) is 64.3 Å². The van der Waals surface area contributed by atoms with Gasteiger partial charge in [-0.25, -0.2) is 4.68 Å². The van der Waals surface area contributed by atoms with Crippen LogP contribution in [0.2, 0.25) is 0 Å². The zero-order chi connectivity index (χ0) is 34.3. The first-order valence-electron chi connectivity index (χ1n) is 17.2. The van der Waals surface area contributed by atoms with Crippen LogP contribution in [0.4, 0.5) is 0 Å². The fraction of sp³-hybridized carbons (Fsp3) is 0.879. The van der Waals surface area contributed by atoms with Gasteiger partial charge in [0.1, 0.15) is 0 Å². The van der Waals surface area contributed by atoms with Crippen LogP contribution in [0.3, 0.4) is 0 Å². The summed E-state index contributed by atoms with van der Waals surface area (Å²) in [5.41, 5.74) is 7.40. The van der Waals surface area contributed by atoms with Gasteiger partial charge in [0.15, 0.2) is 0 Å². The zero-order valence-corrected chi connectivity index (χ0v) is 33.8. The Kier molecular flexibility index (Phi) is 25.7. The molecule has 0 fully saturated rings. The Hall–Kier alpha value is -0.564. The summed E-state index contributed by atoms with van der Waals surface area (Å²) in [4.78, 5) is 27.4. The maximum Gasteiger partial charge on any atom is 1.00 e. The minimum Gasteiger partial charge on any atom is -0.665 e. The van der Waals surface area contributed by atoms with E-state index in [-0.39, 0.29) is 80.6 Å². The Bertz CT molecular complexity index is 1000. The second-order valence-corrected chi connectivity index (χ2v) is 13.1. The van der Waals surface area contributed by atoms with E-state index in [1.165, 1.54) is 0 Å². The Morgan fingerprint density at radius 1 is 1.04 bits per heavy atom. The van der Waals surface area contributed by atoms with Gasteiger partial charge in [-0.3, -0.25) is 9.59 Å². The van der Waals surface area contributed by atoms with Crippen molar-refractivity contribution in [3.8, 4) is 0 Å². The molecule has 15 heteroatoms. The Morgan fingerprint density at radius 2 is 1.73 bits per heavy atom. The molecular weight excluding hydrogens is 646 g/mol. The first-order valence-corrected chi connectivity index (χ1v) is 17.2. The molecule has 2 heterocycles. The maximum atomic E-state index is 13.2. The molecule has 1 aliphatic heterocycles.